The van der Waals surface area contributed by atoms with Crippen LogP contribution in [0.5, 0.6) is 0 Å². The maximum atomic E-state index is 5.43. The fraction of sp³-hybridized carbons (Fsp3) is 0.667. The van der Waals surface area contributed by atoms with E-state index in [0.29, 0.717) is 6.04 Å². The van der Waals surface area contributed by atoms with Crippen molar-refractivity contribution >= 4 is 0 Å². The van der Waals surface area contributed by atoms with Crippen LogP contribution in [0.2, 0.25) is 0 Å². The highest BCUT2D eigenvalue weighted by molar-refractivity contribution is 4.94. The highest BCUT2D eigenvalue weighted by Crippen LogP contribution is 2.08. The molecule has 0 unspecified atom stereocenters. The minimum absolute atomic E-state index is 0.500. The molecule has 2 N–H and O–H groups in total. The standard InChI is InChI=1S/C9H17N3/c1-8(2)12-7-6-11-9(12)4-3-5-10/h6-8H,3-5,10H2,1-2H3. The van der Waals surface area contributed by atoms with Gasteiger partial charge in [-0.25, -0.2) is 4.98 Å². The first kappa shape index (κ1) is 9.26. The minimum atomic E-state index is 0.500. The first-order chi connectivity index (χ1) is 5.75. The quantitative estimate of drug-likeness (QED) is 0.735. The molecular weight excluding hydrogens is 150 g/mol. The monoisotopic (exact) mass is 167 g/mol. The van der Waals surface area contributed by atoms with Gasteiger partial charge in [0.2, 0.25) is 0 Å². The van der Waals surface area contributed by atoms with Gasteiger partial charge in [-0.05, 0) is 26.8 Å². The van der Waals surface area contributed by atoms with Gasteiger partial charge in [0.1, 0.15) is 5.82 Å². The van der Waals surface area contributed by atoms with E-state index in [0.717, 1.165) is 25.2 Å². The molecule has 0 saturated carbocycles. The van der Waals surface area contributed by atoms with Crippen molar-refractivity contribution in [1.82, 2.24) is 9.55 Å². The zero-order valence-electron chi connectivity index (χ0n) is 7.83. The van der Waals surface area contributed by atoms with E-state index in [1.54, 1.807) is 0 Å². The number of rotatable bonds is 4. The Balaban J connectivity index is 2.64. The summed E-state index contributed by atoms with van der Waals surface area (Å²) in [6.07, 6.45) is 5.88. The molecule has 0 aromatic carbocycles. The summed E-state index contributed by atoms with van der Waals surface area (Å²) in [6, 6.07) is 0.500. The number of aryl methyl sites for hydroxylation is 1. The van der Waals surface area contributed by atoms with E-state index < -0.39 is 0 Å². The largest absolute Gasteiger partial charge is 0.332 e. The van der Waals surface area contributed by atoms with Crippen molar-refractivity contribution in [3.05, 3.63) is 18.2 Å². The Morgan fingerprint density at radius 1 is 1.58 bits per heavy atom. The lowest BCUT2D eigenvalue weighted by molar-refractivity contribution is 0.561. The third-order valence-electron chi connectivity index (χ3n) is 1.91. The lowest BCUT2D eigenvalue weighted by Gasteiger charge is -2.10. The van der Waals surface area contributed by atoms with Gasteiger partial charge in [-0.1, -0.05) is 0 Å². The van der Waals surface area contributed by atoms with E-state index in [1.807, 2.05) is 12.4 Å². The van der Waals surface area contributed by atoms with Crippen LogP contribution in [-0.4, -0.2) is 16.1 Å². The van der Waals surface area contributed by atoms with Gasteiger partial charge in [0.25, 0.3) is 0 Å². The van der Waals surface area contributed by atoms with Gasteiger partial charge in [0.15, 0.2) is 0 Å². The molecule has 12 heavy (non-hydrogen) atoms. The fourth-order valence-electron chi connectivity index (χ4n) is 1.27. The highest BCUT2D eigenvalue weighted by Gasteiger charge is 2.03. The average Bonchev–Trinajstić information content (AvgIpc) is 2.48. The maximum absolute atomic E-state index is 5.43. The first-order valence-electron chi connectivity index (χ1n) is 4.47. The van der Waals surface area contributed by atoms with Crippen LogP contribution in [0.3, 0.4) is 0 Å². The molecule has 0 aliphatic rings. The second kappa shape index (κ2) is 4.26. The normalized spacial score (nSPS) is 11.0. The topological polar surface area (TPSA) is 43.8 Å². The van der Waals surface area contributed by atoms with E-state index in [4.69, 9.17) is 5.73 Å². The lowest BCUT2D eigenvalue weighted by atomic mass is 10.3. The SMILES string of the molecule is CC(C)n1ccnc1CCCN. The maximum Gasteiger partial charge on any atom is 0.108 e. The molecule has 0 radical (unpaired) electrons. The number of imidazole rings is 1. The third-order valence-corrected chi connectivity index (χ3v) is 1.91. The molecule has 0 fully saturated rings. The number of nitrogens with zero attached hydrogens (tertiary/aromatic N) is 2. The van der Waals surface area contributed by atoms with Crippen molar-refractivity contribution in [2.45, 2.75) is 32.7 Å². The summed E-state index contributed by atoms with van der Waals surface area (Å²) in [6.45, 7) is 5.06. The van der Waals surface area contributed by atoms with Crippen molar-refractivity contribution in [3.63, 3.8) is 0 Å². The first-order valence-corrected chi connectivity index (χ1v) is 4.47. The summed E-state index contributed by atoms with van der Waals surface area (Å²) in [5, 5.41) is 0. The van der Waals surface area contributed by atoms with Crippen molar-refractivity contribution < 1.29 is 0 Å². The molecule has 0 amide bonds. The van der Waals surface area contributed by atoms with Crippen LogP contribution >= 0.6 is 0 Å². The van der Waals surface area contributed by atoms with Gasteiger partial charge >= 0.3 is 0 Å². The zero-order chi connectivity index (χ0) is 8.97. The fourth-order valence-corrected chi connectivity index (χ4v) is 1.27. The molecule has 0 aliphatic carbocycles. The van der Waals surface area contributed by atoms with Gasteiger partial charge in [-0.2, -0.15) is 0 Å². The smallest absolute Gasteiger partial charge is 0.108 e. The molecule has 0 atom stereocenters. The Hall–Kier alpha value is -0.830. The van der Waals surface area contributed by atoms with Crippen LogP contribution in [-0.2, 0) is 6.42 Å². The van der Waals surface area contributed by atoms with E-state index in [9.17, 15) is 0 Å². The summed E-state index contributed by atoms with van der Waals surface area (Å²) in [7, 11) is 0. The van der Waals surface area contributed by atoms with Gasteiger partial charge < -0.3 is 10.3 Å². The number of hydrogen-bond donors (Lipinski definition) is 1. The van der Waals surface area contributed by atoms with Crippen LogP contribution in [0.25, 0.3) is 0 Å². The molecule has 1 aromatic heterocycles. The molecule has 0 saturated heterocycles. The molecule has 1 aromatic rings. The number of nitrogens with two attached hydrogens (primary N) is 1. The Labute approximate surface area is 73.6 Å². The lowest BCUT2D eigenvalue weighted by Crippen LogP contribution is -2.08. The van der Waals surface area contributed by atoms with E-state index in [-0.39, 0.29) is 0 Å². The van der Waals surface area contributed by atoms with Crippen LogP contribution in [0.15, 0.2) is 12.4 Å². The summed E-state index contributed by atoms with van der Waals surface area (Å²) >= 11 is 0. The van der Waals surface area contributed by atoms with Crippen molar-refractivity contribution in [2.24, 2.45) is 5.73 Å². The van der Waals surface area contributed by atoms with Crippen LogP contribution < -0.4 is 5.73 Å². The average molecular weight is 167 g/mol. The van der Waals surface area contributed by atoms with Crippen molar-refractivity contribution in [1.29, 1.82) is 0 Å². The Morgan fingerprint density at radius 2 is 2.33 bits per heavy atom. The second-order valence-corrected chi connectivity index (χ2v) is 3.24. The minimum Gasteiger partial charge on any atom is -0.332 e. The predicted octanol–water partition coefficient (Wildman–Crippen LogP) is 1.36. The summed E-state index contributed by atoms with van der Waals surface area (Å²) in [4.78, 5) is 4.28. The number of aromatic nitrogens is 2. The molecule has 3 nitrogen and oxygen atoms in total. The molecule has 68 valence electrons. The summed E-state index contributed by atoms with van der Waals surface area (Å²) < 4.78 is 2.19. The Kier molecular flexibility index (Phi) is 3.29. The number of hydrogen-bond acceptors (Lipinski definition) is 2. The van der Waals surface area contributed by atoms with E-state index in [1.165, 1.54) is 0 Å². The molecule has 1 heterocycles. The predicted molar refractivity (Wildman–Crippen MR) is 50.0 cm³/mol. The van der Waals surface area contributed by atoms with Crippen LogP contribution in [0.1, 0.15) is 32.1 Å². The molecular formula is C9H17N3. The molecule has 0 spiro atoms. The van der Waals surface area contributed by atoms with Gasteiger partial charge in [0, 0.05) is 24.9 Å². The van der Waals surface area contributed by atoms with Crippen molar-refractivity contribution in [2.75, 3.05) is 6.54 Å². The van der Waals surface area contributed by atoms with Gasteiger partial charge in [-0.15, -0.1) is 0 Å². The zero-order valence-corrected chi connectivity index (χ0v) is 7.83. The third kappa shape index (κ3) is 2.08. The van der Waals surface area contributed by atoms with E-state index in [2.05, 4.69) is 23.4 Å². The molecule has 0 bridgehead atoms. The van der Waals surface area contributed by atoms with Gasteiger partial charge in [0.05, 0.1) is 0 Å². The van der Waals surface area contributed by atoms with Crippen molar-refractivity contribution in [3.8, 4) is 0 Å². The van der Waals surface area contributed by atoms with Gasteiger partial charge in [-0.3, -0.25) is 0 Å². The van der Waals surface area contributed by atoms with E-state index >= 15 is 0 Å². The summed E-state index contributed by atoms with van der Waals surface area (Å²) in [5.41, 5.74) is 5.43. The molecule has 0 aliphatic heterocycles. The second-order valence-electron chi connectivity index (χ2n) is 3.24. The molecule has 3 heteroatoms. The van der Waals surface area contributed by atoms with Crippen LogP contribution in [0, 0.1) is 0 Å². The molecule has 1 rings (SSSR count). The summed E-state index contributed by atoms with van der Waals surface area (Å²) in [5.74, 6) is 1.15. The Morgan fingerprint density at radius 3 is 2.92 bits per heavy atom. The van der Waals surface area contributed by atoms with Crippen LogP contribution in [0.4, 0.5) is 0 Å². The highest BCUT2D eigenvalue weighted by atomic mass is 15.1. The Bertz CT molecular complexity index is 227.